The van der Waals surface area contributed by atoms with E-state index in [4.69, 9.17) is 0 Å². The van der Waals surface area contributed by atoms with Gasteiger partial charge in [0.15, 0.2) is 0 Å². The number of pyridine rings is 1. The fourth-order valence-electron chi connectivity index (χ4n) is 2.38. The molecule has 2 atom stereocenters. The number of aromatic nitrogens is 1. The normalized spacial score (nSPS) is 14.4. The summed E-state index contributed by atoms with van der Waals surface area (Å²) in [7, 11) is -1.11. The van der Waals surface area contributed by atoms with Gasteiger partial charge in [-0.1, -0.05) is 0 Å². The van der Waals surface area contributed by atoms with Crippen LogP contribution in [0.4, 0.5) is 8.78 Å². The standard InChI is InChI=1S/C18H20BrF2NOS/c1-18(2,3)24(23)11-13(17-16(19)5-4-6-22-17)7-12-8-14(20)10-15(21)9-12/h4-6,8-10,13H,7,11H2,1-3H3/t13-,24-/m1/s1. The lowest BCUT2D eigenvalue weighted by Crippen LogP contribution is -2.28. The monoisotopic (exact) mass is 415 g/mol. The van der Waals surface area contributed by atoms with Crippen molar-refractivity contribution in [3.05, 3.63) is 63.9 Å². The first-order valence-corrected chi connectivity index (χ1v) is 9.72. The van der Waals surface area contributed by atoms with Crippen LogP contribution < -0.4 is 0 Å². The second kappa shape index (κ2) is 7.83. The van der Waals surface area contributed by atoms with E-state index in [0.29, 0.717) is 17.7 Å². The van der Waals surface area contributed by atoms with Gasteiger partial charge in [0.05, 0.1) is 5.69 Å². The third-order valence-electron chi connectivity index (χ3n) is 3.61. The molecule has 0 spiro atoms. The summed E-state index contributed by atoms with van der Waals surface area (Å²) in [4.78, 5) is 4.39. The van der Waals surface area contributed by atoms with Gasteiger partial charge in [0.1, 0.15) is 11.6 Å². The van der Waals surface area contributed by atoms with Crippen LogP contribution in [0.2, 0.25) is 0 Å². The van der Waals surface area contributed by atoms with Gasteiger partial charge in [-0.25, -0.2) is 8.78 Å². The van der Waals surface area contributed by atoms with E-state index in [-0.39, 0.29) is 10.7 Å². The van der Waals surface area contributed by atoms with E-state index in [2.05, 4.69) is 20.9 Å². The highest BCUT2D eigenvalue weighted by atomic mass is 79.9. The van der Waals surface area contributed by atoms with Crippen LogP contribution >= 0.6 is 15.9 Å². The Labute approximate surface area is 152 Å². The average Bonchev–Trinajstić information content (AvgIpc) is 2.45. The zero-order chi connectivity index (χ0) is 17.9. The van der Waals surface area contributed by atoms with Crippen LogP contribution in [0.5, 0.6) is 0 Å². The van der Waals surface area contributed by atoms with Gasteiger partial charge in [0.25, 0.3) is 0 Å². The van der Waals surface area contributed by atoms with Crippen molar-refractivity contribution in [2.45, 2.75) is 37.9 Å². The number of benzene rings is 1. The maximum atomic E-state index is 13.5. The molecule has 0 bridgehead atoms. The molecule has 0 aliphatic carbocycles. The minimum Gasteiger partial charge on any atom is -0.260 e. The van der Waals surface area contributed by atoms with Crippen molar-refractivity contribution in [3.8, 4) is 0 Å². The minimum atomic E-state index is -1.11. The summed E-state index contributed by atoms with van der Waals surface area (Å²) in [6, 6.07) is 7.14. The molecule has 1 heterocycles. The van der Waals surface area contributed by atoms with Gasteiger partial charge in [-0.2, -0.15) is 0 Å². The average molecular weight is 416 g/mol. The molecule has 0 unspecified atom stereocenters. The maximum absolute atomic E-state index is 13.5. The zero-order valence-electron chi connectivity index (χ0n) is 13.9. The van der Waals surface area contributed by atoms with E-state index in [0.717, 1.165) is 16.2 Å². The Morgan fingerprint density at radius 1 is 1.21 bits per heavy atom. The molecule has 24 heavy (non-hydrogen) atoms. The Morgan fingerprint density at radius 3 is 2.38 bits per heavy atom. The van der Waals surface area contributed by atoms with Gasteiger partial charge in [-0.3, -0.25) is 9.19 Å². The highest BCUT2D eigenvalue weighted by Gasteiger charge is 2.26. The van der Waals surface area contributed by atoms with Crippen molar-refractivity contribution in [3.63, 3.8) is 0 Å². The molecule has 2 nitrogen and oxygen atoms in total. The molecule has 0 saturated carbocycles. The molecule has 0 N–H and O–H groups in total. The van der Waals surface area contributed by atoms with Crippen LogP contribution in [0.25, 0.3) is 0 Å². The lowest BCUT2D eigenvalue weighted by atomic mass is 9.97. The smallest absolute Gasteiger partial charge is 0.126 e. The number of rotatable bonds is 5. The molecule has 0 aliphatic heterocycles. The second-order valence-corrected chi connectivity index (χ2v) is 9.78. The molecule has 2 rings (SSSR count). The van der Waals surface area contributed by atoms with Gasteiger partial charge in [-0.05, 0) is 73.0 Å². The van der Waals surface area contributed by atoms with E-state index < -0.39 is 22.4 Å². The minimum absolute atomic E-state index is 0.207. The molecule has 2 aromatic rings. The molecule has 130 valence electrons. The quantitative estimate of drug-likeness (QED) is 0.687. The van der Waals surface area contributed by atoms with E-state index >= 15 is 0 Å². The fourth-order valence-corrected chi connectivity index (χ4v) is 4.10. The Morgan fingerprint density at radius 2 is 1.83 bits per heavy atom. The Hall–Kier alpha value is -1.14. The largest absolute Gasteiger partial charge is 0.260 e. The second-order valence-electron chi connectivity index (χ2n) is 6.67. The summed E-state index contributed by atoms with van der Waals surface area (Å²) in [6.07, 6.45) is 2.03. The SMILES string of the molecule is CC(C)(C)[S@](=O)C[C@@H](Cc1cc(F)cc(F)c1)c1ncccc1Br. The summed E-state index contributed by atoms with van der Waals surface area (Å²) in [5.41, 5.74) is 1.28. The van der Waals surface area contributed by atoms with Crippen molar-refractivity contribution in [1.82, 2.24) is 4.98 Å². The van der Waals surface area contributed by atoms with Crippen LogP contribution in [-0.2, 0) is 17.2 Å². The van der Waals surface area contributed by atoms with Crippen molar-refractivity contribution in [2.75, 3.05) is 5.75 Å². The summed E-state index contributed by atoms with van der Waals surface area (Å²) >= 11 is 3.47. The molecule has 1 aromatic heterocycles. The molecule has 1 aromatic carbocycles. The third kappa shape index (κ3) is 5.18. The predicted octanol–water partition coefficient (Wildman–Crippen LogP) is 5.00. The Kier molecular flexibility index (Phi) is 6.26. The van der Waals surface area contributed by atoms with Crippen LogP contribution in [0.1, 0.15) is 37.9 Å². The van der Waals surface area contributed by atoms with Crippen LogP contribution in [0.3, 0.4) is 0 Å². The highest BCUT2D eigenvalue weighted by Crippen LogP contribution is 2.29. The number of hydrogen-bond donors (Lipinski definition) is 0. The fraction of sp³-hybridized carbons (Fsp3) is 0.389. The van der Waals surface area contributed by atoms with Crippen molar-refractivity contribution in [1.29, 1.82) is 0 Å². The van der Waals surface area contributed by atoms with E-state index in [9.17, 15) is 13.0 Å². The van der Waals surface area contributed by atoms with Gasteiger partial charge < -0.3 is 0 Å². The lowest BCUT2D eigenvalue weighted by Gasteiger charge is -2.23. The first kappa shape index (κ1) is 19.2. The van der Waals surface area contributed by atoms with Crippen molar-refractivity contribution < 1.29 is 13.0 Å². The first-order chi connectivity index (χ1) is 11.2. The van der Waals surface area contributed by atoms with E-state index in [1.807, 2.05) is 26.8 Å². The Bertz CT molecular complexity index is 726. The Balaban J connectivity index is 2.35. The molecular formula is C18H20BrF2NOS. The molecule has 0 saturated heterocycles. The van der Waals surface area contributed by atoms with Crippen molar-refractivity contribution >= 4 is 26.7 Å². The van der Waals surface area contributed by atoms with Crippen LogP contribution in [0, 0.1) is 11.6 Å². The predicted molar refractivity (Wildman–Crippen MR) is 97.5 cm³/mol. The topological polar surface area (TPSA) is 30.0 Å². The number of halogens is 3. The molecule has 0 radical (unpaired) electrons. The maximum Gasteiger partial charge on any atom is 0.126 e. The highest BCUT2D eigenvalue weighted by molar-refractivity contribution is 9.10. The van der Waals surface area contributed by atoms with Crippen LogP contribution in [0.15, 0.2) is 41.0 Å². The third-order valence-corrected chi connectivity index (χ3v) is 6.36. The summed E-state index contributed by atoms with van der Waals surface area (Å²) in [6.45, 7) is 5.74. The van der Waals surface area contributed by atoms with Gasteiger partial charge in [0.2, 0.25) is 0 Å². The summed E-state index contributed by atoms with van der Waals surface area (Å²) in [5.74, 6) is -1.06. The lowest BCUT2D eigenvalue weighted by molar-refractivity contribution is 0.576. The zero-order valence-corrected chi connectivity index (χ0v) is 16.3. The molecular weight excluding hydrogens is 396 g/mol. The number of hydrogen-bond acceptors (Lipinski definition) is 2. The molecule has 0 fully saturated rings. The van der Waals surface area contributed by atoms with Gasteiger partial charge >= 0.3 is 0 Å². The summed E-state index contributed by atoms with van der Waals surface area (Å²) < 4.78 is 40.0. The summed E-state index contributed by atoms with van der Waals surface area (Å²) in [5, 5.41) is 0. The van der Waals surface area contributed by atoms with Gasteiger partial charge in [0, 0.05) is 44.0 Å². The molecule has 0 aliphatic rings. The van der Waals surface area contributed by atoms with E-state index in [1.54, 1.807) is 12.3 Å². The van der Waals surface area contributed by atoms with Crippen molar-refractivity contribution in [2.24, 2.45) is 0 Å². The van der Waals surface area contributed by atoms with Crippen LogP contribution in [-0.4, -0.2) is 19.7 Å². The van der Waals surface area contributed by atoms with E-state index in [1.165, 1.54) is 12.1 Å². The molecule has 6 heteroatoms. The molecule has 0 amide bonds. The van der Waals surface area contributed by atoms with Gasteiger partial charge in [-0.15, -0.1) is 0 Å². The first-order valence-electron chi connectivity index (χ1n) is 7.60. The number of nitrogens with zero attached hydrogens (tertiary/aromatic N) is 1.